The van der Waals surface area contributed by atoms with Crippen LogP contribution in [-0.2, 0) is 0 Å². The van der Waals surface area contributed by atoms with Crippen molar-refractivity contribution >= 4 is 6.29 Å². The molecule has 0 radical (unpaired) electrons. The Balaban J connectivity index is 2.10. The van der Waals surface area contributed by atoms with Gasteiger partial charge in [0.25, 0.3) is 0 Å². The van der Waals surface area contributed by atoms with Crippen LogP contribution in [0.3, 0.4) is 0 Å². The van der Waals surface area contributed by atoms with Gasteiger partial charge in [-0.25, -0.2) is 4.98 Å². The number of nitrogens with one attached hydrogen (secondary N) is 1. The Morgan fingerprint density at radius 1 is 1.31 bits per heavy atom. The van der Waals surface area contributed by atoms with Crippen LogP contribution in [0.1, 0.15) is 10.5 Å². The summed E-state index contributed by atoms with van der Waals surface area (Å²) in [5, 5.41) is 0. The van der Waals surface area contributed by atoms with Crippen LogP contribution in [0.15, 0.2) is 24.5 Å². The van der Waals surface area contributed by atoms with E-state index in [1.807, 2.05) is 12.1 Å². The lowest BCUT2D eigenvalue weighted by Crippen LogP contribution is -1.92. The minimum Gasteiger partial charge on any atom is -0.454 e. The quantitative estimate of drug-likeness (QED) is 0.774. The van der Waals surface area contributed by atoms with Crippen LogP contribution in [-0.4, -0.2) is 23.0 Å². The highest BCUT2D eigenvalue weighted by atomic mass is 16.7. The highest BCUT2D eigenvalue weighted by Gasteiger charge is 2.15. The van der Waals surface area contributed by atoms with E-state index in [4.69, 9.17) is 9.47 Å². The van der Waals surface area contributed by atoms with Crippen LogP contribution in [0.2, 0.25) is 0 Å². The van der Waals surface area contributed by atoms with Crippen molar-refractivity contribution in [1.82, 2.24) is 9.97 Å². The lowest BCUT2D eigenvalue weighted by atomic mass is 10.1. The number of nitrogens with zero attached hydrogens (tertiary/aromatic N) is 1. The van der Waals surface area contributed by atoms with Gasteiger partial charge in [0.2, 0.25) is 6.79 Å². The van der Waals surface area contributed by atoms with Crippen molar-refractivity contribution in [3.05, 3.63) is 30.2 Å². The summed E-state index contributed by atoms with van der Waals surface area (Å²) in [6, 6.07) is 5.46. The van der Waals surface area contributed by atoms with Crippen LogP contribution in [0, 0.1) is 0 Å². The van der Waals surface area contributed by atoms with Gasteiger partial charge in [0.05, 0.1) is 12.0 Å². The molecule has 0 bridgehead atoms. The van der Waals surface area contributed by atoms with E-state index >= 15 is 0 Å². The summed E-state index contributed by atoms with van der Waals surface area (Å²) >= 11 is 0. The molecule has 16 heavy (non-hydrogen) atoms. The van der Waals surface area contributed by atoms with Gasteiger partial charge in [0.1, 0.15) is 5.69 Å². The van der Waals surface area contributed by atoms with Gasteiger partial charge in [-0.1, -0.05) is 0 Å². The van der Waals surface area contributed by atoms with Crippen molar-refractivity contribution in [2.24, 2.45) is 0 Å². The fourth-order valence-corrected chi connectivity index (χ4v) is 1.67. The molecule has 1 N–H and O–H groups in total. The Morgan fingerprint density at radius 3 is 3.06 bits per heavy atom. The molecule has 1 aliphatic rings. The average molecular weight is 216 g/mol. The first-order valence-electron chi connectivity index (χ1n) is 4.77. The maximum atomic E-state index is 10.8. The molecule has 0 atom stereocenters. The number of aromatic nitrogens is 2. The molecule has 0 aliphatic carbocycles. The largest absolute Gasteiger partial charge is 0.454 e. The van der Waals surface area contributed by atoms with E-state index < -0.39 is 0 Å². The smallest absolute Gasteiger partial charge is 0.231 e. The number of imidazole rings is 1. The van der Waals surface area contributed by atoms with Gasteiger partial charge in [-0.2, -0.15) is 0 Å². The molecule has 0 saturated heterocycles. The van der Waals surface area contributed by atoms with E-state index in [1.165, 1.54) is 6.33 Å². The first-order valence-corrected chi connectivity index (χ1v) is 4.77. The Labute approximate surface area is 91.0 Å². The van der Waals surface area contributed by atoms with Crippen LogP contribution in [0.5, 0.6) is 11.5 Å². The molecular formula is C11H8N2O3. The second-order valence-electron chi connectivity index (χ2n) is 3.35. The van der Waals surface area contributed by atoms with E-state index in [9.17, 15) is 4.79 Å². The molecule has 1 aromatic carbocycles. The molecule has 0 spiro atoms. The van der Waals surface area contributed by atoms with Crippen molar-refractivity contribution in [2.45, 2.75) is 0 Å². The topological polar surface area (TPSA) is 64.2 Å². The first-order chi connectivity index (χ1) is 7.88. The SMILES string of the molecule is O=Cc1[nH]cnc1-c1ccc2c(c1)OCO2. The zero-order valence-electron chi connectivity index (χ0n) is 8.27. The van der Waals surface area contributed by atoms with Gasteiger partial charge in [-0.15, -0.1) is 0 Å². The summed E-state index contributed by atoms with van der Waals surface area (Å²) in [5.74, 6) is 1.39. The fourth-order valence-electron chi connectivity index (χ4n) is 1.67. The van der Waals surface area contributed by atoms with Crippen LogP contribution >= 0.6 is 0 Å². The molecule has 5 nitrogen and oxygen atoms in total. The summed E-state index contributed by atoms with van der Waals surface area (Å²) in [7, 11) is 0. The number of aromatic amines is 1. The lowest BCUT2D eigenvalue weighted by molar-refractivity contribution is 0.112. The summed E-state index contributed by atoms with van der Waals surface area (Å²) < 4.78 is 10.5. The van der Waals surface area contributed by atoms with E-state index in [0.717, 1.165) is 11.8 Å². The second kappa shape index (κ2) is 3.37. The monoisotopic (exact) mass is 216 g/mol. The number of benzene rings is 1. The van der Waals surface area contributed by atoms with Crippen LogP contribution < -0.4 is 9.47 Å². The number of carbonyl (C=O) groups excluding carboxylic acids is 1. The third-order valence-corrected chi connectivity index (χ3v) is 2.43. The predicted molar refractivity (Wildman–Crippen MR) is 55.5 cm³/mol. The molecule has 0 amide bonds. The van der Waals surface area contributed by atoms with Crippen LogP contribution in [0.4, 0.5) is 0 Å². The number of rotatable bonds is 2. The highest BCUT2D eigenvalue weighted by Crippen LogP contribution is 2.35. The molecule has 2 aromatic rings. The van der Waals surface area contributed by atoms with E-state index in [0.29, 0.717) is 22.9 Å². The van der Waals surface area contributed by atoms with Crippen molar-refractivity contribution in [2.75, 3.05) is 6.79 Å². The van der Waals surface area contributed by atoms with Crippen molar-refractivity contribution in [1.29, 1.82) is 0 Å². The maximum Gasteiger partial charge on any atom is 0.231 e. The molecule has 3 rings (SSSR count). The number of hydrogen-bond acceptors (Lipinski definition) is 4. The van der Waals surface area contributed by atoms with Crippen molar-refractivity contribution in [3.63, 3.8) is 0 Å². The van der Waals surface area contributed by atoms with Crippen molar-refractivity contribution < 1.29 is 14.3 Å². The summed E-state index contributed by atoms with van der Waals surface area (Å²) in [4.78, 5) is 17.6. The Bertz CT molecular complexity index is 548. The number of fused-ring (bicyclic) bond motifs is 1. The molecule has 1 aromatic heterocycles. The van der Waals surface area contributed by atoms with Gasteiger partial charge >= 0.3 is 0 Å². The highest BCUT2D eigenvalue weighted by molar-refractivity contribution is 5.83. The summed E-state index contributed by atoms with van der Waals surface area (Å²) in [5.41, 5.74) is 1.90. The summed E-state index contributed by atoms with van der Waals surface area (Å²) in [6.45, 7) is 0.236. The number of ether oxygens (including phenoxy) is 2. The summed E-state index contributed by atoms with van der Waals surface area (Å²) in [6.07, 6.45) is 2.23. The van der Waals surface area contributed by atoms with E-state index in [1.54, 1.807) is 6.07 Å². The Morgan fingerprint density at radius 2 is 2.19 bits per heavy atom. The molecular weight excluding hydrogens is 208 g/mol. The second-order valence-corrected chi connectivity index (χ2v) is 3.35. The fraction of sp³-hybridized carbons (Fsp3) is 0.0909. The normalized spacial score (nSPS) is 12.8. The predicted octanol–water partition coefficient (Wildman–Crippen LogP) is 1.62. The van der Waals surface area contributed by atoms with Crippen LogP contribution in [0.25, 0.3) is 11.3 Å². The van der Waals surface area contributed by atoms with Crippen molar-refractivity contribution in [3.8, 4) is 22.8 Å². The first kappa shape index (κ1) is 8.96. The third kappa shape index (κ3) is 1.25. The molecule has 80 valence electrons. The number of aldehydes is 1. The van der Waals surface area contributed by atoms with E-state index in [2.05, 4.69) is 9.97 Å². The minimum absolute atomic E-state index is 0.236. The van der Waals surface area contributed by atoms with Gasteiger partial charge in [-0.05, 0) is 18.2 Å². The zero-order valence-corrected chi connectivity index (χ0v) is 8.27. The molecule has 0 saturated carbocycles. The molecule has 0 fully saturated rings. The Kier molecular flexibility index (Phi) is 1.89. The average Bonchev–Trinajstić information content (AvgIpc) is 2.96. The molecule has 0 unspecified atom stereocenters. The number of H-pyrrole nitrogens is 1. The van der Waals surface area contributed by atoms with Gasteiger partial charge in [-0.3, -0.25) is 4.79 Å². The van der Waals surface area contributed by atoms with Gasteiger partial charge in [0.15, 0.2) is 17.8 Å². The number of carbonyl (C=O) groups is 1. The number of hydrogen-bond donors (Lipinski definition) is 1. The molecule has 5 heteroatoms. The minimum atomic E-state index is 0.236. The third-order valence-electron chi connectivity index (χ3n) is 2.43. The standard InChI is InChI=1S/C11H8N2O3/c14-4-8-11(13-5-12-8)7-1-2-9-10(3-7)16-6-15-9/h1-5H,6H2,(H,12,13). The molecule has 1 aliphatic heterocycles. The lowest BCUT2D eigenvalue weighted by Gasteiger charge is -2.00. The van der Waals surface area contributed by atoms with Gasteiger partial charge < -0.3 is 14.5 Å². The maximum absolute atomic E-state index is 10.8. The Hall–Kier alpha value is -2.30. The van der Waals surface area contributed by atoms with E-state index in [-0.39, 0.29) is 6.79 Å². The molecule has 2 heterocycles. The zero-order chi connectivity index (χ0) is 11.0. The van der Waals surface area contributed by atoms with Gasteiger partial charge in [0, 0.05) is 5.56 Å².